The molecule has 3 nitrogen and oxygen atoms in total. The Labute approximate surface area is 118 Å². The van der Waals surface area contributed by atoms with Crippen LogP contribution in [-0.4, -0.2) is 18.6 Å². The molecule has 1 unspecified atom stereocenters. The molecule has 0 saturated carbocycles. The Bertz CT molecular complexity index is 586. The molecular weight excluding hydrogens is 255 g/mol. The maximum absolute atomic E-state index is 13.9. The van der Waals surface area contributed by atoms with Crippen molar-refractivity contribution in [3.05, 3.63) is 59.2 Å². The summed E-state index contributed by atoms with van der Waals surface area (Å²) in [7, 11) is 1.46. The second kappa shape index (κ2) is 6.48. The summed E-state index contributed by atoms with van der Waals surface area (Å²) in [5.74, 6) is -0.0893. The number of ether oxygens (including phenoxy) is 1. The lowest BCUT2D eigenvalue weighted by atomic mass is 9.98. The zero-order chi connectivity index (χ0) is 14.5. The van der Waals surface area contributed by atoms with E-state index in [0.29, 0.717) is 0 Å². The molecule has 0 saturated heterocycles. The monoisotopic (exact) mass is 274 g/mol. The standard InChI is InChI=1S/C16H19FN2O/c1-4-18-16(13-7-8-19-11(2)9-13)12-5-6-15(20-3)14(17)10-12/h5-10,16,18H,4H2,1-3H3. The van der Waals surface area contributed by atoms with Crippen LogP contribution in [-0.2, 0) is 0 Å². The summed E-state index contributed by atoms with van der Waals surface area (Å²) in [5.41, 5.74) is 2.89. The predicted octanol–water partition coefficient (Wildman–Crippen LogP) is 3.24. The van der Waals surface area contributed by atoms with Gasteiger partial charge in [-0.15, -0.1) is 0 Å². The van der Waals surface area contributed by atoms with Crippen molar-refractivity contribution < 1.29 is 9.13 Å². The number of methoxy groups -OCH3 is 1. The van der Waals surface area contributed by atoms with Crippen LogP contribution in [0.25, 0.3) is 0 Å². The van der Waals surface area contributed by atoms with Gasteiger partial charge in [-0.05, 0) is 48.9 Å². The summed E-state index contributed by atoms with van der Waals surface area (Å²) in [6.45, 7) is 4.77. The maximum Gasteiger partial charge on any atom is 0.165 e. The molecular formula is C16H19FN2O. The van der Waals surface area contributed by atoms with Gasteiger partial charge in [-0.3, -0.25) is 4.98 Å². The van der Waals surface area contributed by atoms with Gasteiger partial charge in [-0.1, -0.05) is 13.0 Å². The molecule has 0 spiro atoms. The number of aryl methyl sites for hydroxylation is 1. The molecule has 0 aliphatic carbocycles. The van der Waals surface area contributed by atoms with Gasteiger partial charge >= 0.3 is 0 Å². The Morgan fingerprint density at radius 3 is 2.60 bits per heavy atom. The summed E-state index contributed by atoms with van der Waals surface area (Å²) in [4.78, 5) is 4.20. The van der Waals surface area contributed by atoms with E-state index in [0.717, 1.165) is 23.4 Å². The van der Waals surface area contributed by atoms with Gasteiger partial charge in [0.1, 0.15) is 0 Å². The number of nitrogens with zero attached hydrogens (tertiary/aromatic N) is 1. The number of benzene rings is 1. The summed E-state index contributed by atoms with van der Waals surface area (Å²) in [6.07, 6.45) is 1.77. The fraction of sp³-hybridized carbons (Fsp3) is 0.312. The van der Waals surface area contributed by atoms with Crippen molar-refractivity contribution in [3.63, 3.8) is 0 Å². The highest BCUT2D eigenvalue weighted by molar-refractivity contribution is 5.36. The molecule has 2 rings (SSSR count). The van der Waals surface area contributed by atoms with Gasteiger partial charge in [0, 0.05) is 11.9 Å². The summed E-state index contributed by atoms with van der Waals surface area (Å²) < 4.78 is 18.8. The van der Waals surface area contributed by atoms with E-state index in [1.807, 2.05) is 32.0 Å². The van der Waals surface area contributed by atoms with E-state index in [-0.39, 0.29) is 17.6 Å². The molecule has 1 atom stereocenters. The lowest BCUT2D eigenvalue weighted by molar-refractivity contribution is 0.385. The van der Waals surface area contributed by atoms with E-state index >= 15 is 0 Å². The van der Waals surface area contributed by atoms with Gasteiger partial charge in [0.15, 0.2) is 11.6 Å². The van der Waals surface area contributed by atoms with Crippen molar-refractivity contribution in [3.8, 4) is 5.75 Å². The van der Waals surface area contributed by atoms with Crippen molar-refractivity contribution in [1.82, 2.24) is 10.3 Å². The summed E-state index contributed by atoms with van der Waals surface area (Å²) in [6, 6.07) is 8.95. The van der Waals surface area contributed by atoms with Gasteiger partial charge in [0.05, 0.1) is 13.2 Å². The Hall–Kier alpha value is -1.94. The third-order valence-electron chi connectivity index (χ3n) is 3.17. The molecule has 1 heterocycles. The minimum Gasteiger partial charge on any atom is -0.494 e. The van der Waals surface area contributed by atoms with Crippen LogP contribution in [0.3, 0.4) is 0 Å². The van der Waals surface area contributed by atoms with Crippen LogP contribution in [0.5, 0.6) is 5.75 Å². The van der Waals surface area contributed by atoms with Crippen LogP contribution in [0, 0.1) is 12.7 Å². The molecule has 1 N–H and O–H groups in total. The SMILES string of the molecule is CCNC(c1ccnc(C)c1)c1ccc(OC)c(F)c1. The number of hydrogen-bond acceptors (Lipinski definition) is 3. The van der Waals surface area contributed by atoms with Gasteiger partial charge in [-0.2, -0.15) is 0 Å². The number of aromatic nitrogens is 1. The van der Waals surface area contributed by atoms with E-state index in [4.69, 9.17) is 4.74 Å². The first-order chi connectivity index (χ1) is 9.65. The van der Waals surface area contributed by atoms with Crippen LogP contribution in [0.2, 0.25) is 0 Å². The van der Waals surface area contributed by atoms with E-state index in [9.17, 15) is 4.39 Å². The normalized spacial score (nSPS) is 12.2. The van der Waals surface area contributed by atoms with Crippen LogP contribution in [0.15, 0.2) is 36.5 Å². The summed E-state index contributed by atoms with van der Waals surface area (Å²) in [5, 5.41) is 3.37. The van der Waals surface area contributed by atoms with Crippen molar-refractivity contribution in [1.29, 1.82) is 0 Å². The molecule has 2 aromatic rings. The number of halogens is 1. The zero-order valence-electron chi connectivity index (χ0n) is 12.0. The van der Waals surface area contributed by atoms with E-state index in [2.05, 4.69) is 10.3 Å². The number of rotatable bonds is 5. The molecule has 1 aromatic carbocycles. The van der Waals surface area contributed by atoms with Crippen molar-refractivity contribution in [2.45, 2.75) is 19.9 Å². The Kier molecular flexibility index (Phi) is 4.69. The van der Waals surface area contributed by atoms with Gasteiger partial charge < -0.3 is 10.1 Å². The average Bonchev–Trinajstić information content (AvgIpc) is 2.44. The van der Waals surface area contributed by atoms with Gasteiger partial charge in [0.25, 0.3) is 0 Å². The topological polar surface area (TPSA) is 34.2 Å². The van der Waals surface area contributed by atoms with E-state index in [1.165, 1.54) is 13.2 Å². The van der Waals surface area contributed by atoms with E-state index in [1.54, 1.807) is 12.3 Å². The Morgan fingerprint density at radius 2 is 2.00 bits per heavy atom. The lowest BCUT2D eigenvalue weighted by Crippen LogP contribution is -2.22. The first kappa shape index (κ1) is 14.5. The fourth-order valence-electron chi connectivity index (χ4n) is 2.24. The Balaban J connectivity index is 2.40. The average molecular weight is 274 g/mol. The highest BCUT2D eigenvalue weighted by atomic mass is 19.1. The van der Waals surface area contributed by atoms with Gasteiger partial charge in [0.2, 0.25) is 0 Å². The first-order valence-corrected chi connectivity index (χ1v) is 6.65. The molecule has 0 aliphatic heterocycles. The highest BCUT2D eigenvalue weighted by Gasteiger charge is 2.15. The molecule has 1 aromatic heterocycles. The first-order valence-electron chi connectivity index (χ1n) is 6.65. The van der Waals surface area contributed by atoms with Gasteiger partial charge in [-0.25, -0.2) is 4.39 Å². The third kappa shape index (κ3) is 3.14. The predicted molar refractivity (Wildman–Crippen MR) is 77.4 cm³/mol. The van der Waals surface area contributed by atoms with Crippen LogP contribution < -0.4 is 10.1 Å². The second-order valence-corrected chi connectivity index (χ2v) is 4.62. The van der Waals surface area contributed by atoms with Crippen molar-refractivity contribution >= 4 is 0 Å². The smallest absolute Gasteiger partial charge is 0.165 e. The molecule has 0 fully saturated rings. The lowest BCUT2D eigenvalue weighted by Gasteiger charge is -2.19. The highest BCUT2D eigenvalue weighted by Crippen LogP contribution is 2.26. The Morgan fingerprint density at radius 1 is 1.25 bits per heavy atom. The largest absolute Gasteiger partial charge is 0.494 e. The molecule has 20 heavy (non-hydrogen) atoms. The minimum atomic E-state index is -0.348. The third-order valence-corrected chi connectivity index (χ3v) is 3.17. The molecule has 4 heteroatoms. The van der Waals surface area contributed by atoms with Crippen LogP contribution >= 0.6 is 0 Å². The van der Waals surface area contributed by atoms with E-state index < -0.39 is 0 Å². The molecule has 0 bridgehead atoms. The zero-order valence-corrected chi connectivity index (χ0v) is 12.0. The fourth-order valence-corrected chi connectivity index (χ4v) is 2.24. The minimum absolute atomic E-state index is 0.0536. The van der Waals surface area contributed by atoms with Crippen molar-refractivity contribution in [2.75, 3.05) is 13.7 Å². The molecule has 0 radical (unpaired) electrons. The van der Waals surface area contributed by atoms with Crippen LogP contribution in [0.4, 0.5) is 4.39 Å². The van der Waals surface area contributed by atoms with Crippen LogP contribution in [0.1, 0.15) is 29.8 Å². The van der Waals surface area contributed by atoms with Crippen molar-refractivity contribution in [2.24, 2.45) is 0 Å². The number of pyridine rings is 1. The number of nitrogens with one attached hydrogen (secondary N) is 1. The number of hydrogen-bond donors (Lipinski definition) is 1. The quantitative estimate of drug-likeness (QED) is 0.909. The molecule has 0 aliphatic rings. The second-order valence-electron chi connectivity index (χ2n) is 4.62. The summed E-state index contributed by atoms with van der Waals surface area (Å²) >= 11 is 0. The molecule has 0 amide bonds. The maximum atomic E-state index is 13.9. The molecule has 106 valence electrons.